The average molecular weight is 681 g/mol. The summed E-state index contributed by atoms with van der Waals surface area (Å²) in [4.78, 5) is 5.03. The van der Waals surface area contributed by atoms with Crippen LogP contribution in [-0.2, 0) is 13.6 Å². The lowest BCUT2D eigenvalue weighted by Crippen LogP contribution is -2.20. The molecule has 47 heavy (non-hydrogen) atoms. The van der Waals surface area contributed by atoms with Gasteiger partial charge in [0, 0.05) is 25.4 Å². The highest BCUT2D eigenvalue weighted by Gasteiger charge is 2.34. The molecule has 5 aromatic rings. The third-order valence-corrected chi connectivity index (χ3v) is 13.2. The van der Waals surface area contributed by atoms with Gasteiger partial charge in [0.15, 0.2) is 0 Å². The number of allylic oxidation sites excluding steroid dienone is 2. The molecule has 1 aliphatic rings. The number of thiophene rings is 2. The molecule has 6 rings (SSSR count). The van der Waals surface area contributed by atoms with Crippen molar-refractivity contribution in [3.05, 3.63) is 136 Å². The Morgan fingerprint density at radius 2 is 1.28 bits per heavy atom. The lowest BCUT2D eigenvalue weighted by Gasteiger charge is -2.33. The monoisotopic (exact) mass is 680 g/mol. The Morgan fingerprint density at radius 1 is 0.787 bits per heavy atom. The van der Waals surface area contributed by atoms with Crippen molar-refractivity contribution >= 4 is 46.7 Å². The standard InChI is InChI=1S/C40H41O4PS2/c1-6-43-45(42,44-7-2)32-20-18-31(19-21-32)40(41)33-23-37(35-25-39(47-28(35)5)30-16-12-9-13-17-30)36(22-26(33)3)34-24-38(46-27(34)4)29-14-10-8-11-15-29/h8-21,24-25,33,40-41H,3,6-7,22-23H2,1-2,4-5H3. The minimum Gasteiger partial charge on any atom is -0.388 e. The topological polar surface area (TPSA) is 55.8 Å². The third-order valence-electron chi connectivity index (χ3n) is 8.85. The van der Waals surface area contributed by atoms with Crippen LogP contribution in [0.25, 0.3) is 32.0 Å². The Bertz CT molecular complexity index is 1930. The Labute approximate surface area is 286 Å². The fourth-order valence-electron chi connectivity index (χ4n) is 6.48. The molecule has 1 N–H and O–H groups in total. The molecular formula is C40H41O4PS2. The molecule has 7 heteroatoms. The van der Waals surface area contributed by atoms with Crippen LogP contribution in [0, 0.1) is 19.8 Å². The summed E-state index contributed by atoms with van der Waals surface area (Å²) in [6.45, 7) is 13.1. The maximum atomic E-state index is 13.4. The summed E-state index contributed by atoms with van der Waals surface area (Å²) in [6, 6.07) is 33.0. The number of aliphatic hydroxyl groups excluding tert-OH is 1. The molecule has 2 aromatic heterocycles. The SMILES string of the molecule is C=C1CC(c2cc(-c3ccccc3)sc2C)=C(c2cc(-c3ccccc3)sc2C)CC1C(O)c1ccc(P(=O)(OCC)OCC)cc1. The van der Waals surface area contributed by atoms with Gasteiger partial charge in [0.1, 0.15) is 0 Å². The highest BCUT2D eigenvalue weighted by molar-refractivity contribution is 7.62. The second kappa shape index (κ2) is 14.4. The van der Waals surface area contributed by atoms with E-state index in [1.807, 2.05) is 40.9 Å². The van der Waals surface area contributed by atoms with E-state index in [-0.39, 0.29) is 19.1 Å². The van der Waals surface area contributed by atoms with E-state index < -0.39 is 13.7 Å². The first kappa shape index (κ1) is 33.5. The summed E-state index contributed by atoms with van der Waals surface area (Å²) in [5.41, 5.74) is 9.26. The van der Waals surface area contributed by atoms with Crippen LogP contribution in [0.4, 0.5) is 0 Å². The summed E-state index contributed by atoms with van der Waals surface area (Å²) in [5, 5.41) is 12.4. The molecule has 2 atom stereocenters. The number of aliphatic hydroxyl groups is 1. The molecule has 4 nitrogen and oxygen atoms in total. The number of aryl methyl sites for hydroxylation is 2. The molecule has 0 saturated carbocycles. The van der Waals surface area contributed by atoms with Gasteiger partial charge in [-0.3, -0.25) is 4.57 Å². The molecule has 2 unspecified atom stereocenters. The Hall–Kier alpha value is -3.35. The highest BCUT2D eigenvalue weighted by atomic mass is 32.1. The predicted molar refractivity (Wildman–Crippen MR) is 200 cm³/mol. The van der Waals surface area contributed by atoms with Crippen molar-refractivity contribution in [1.29, 1.82) is 0 Å². The minimum atomic E-state index is -3.42. The zero-order valence-electron chi connectivity index (χ0n) is 27.4. The van der Waals surface area contributed by atoms with Crippen molar-refractivity contribution in [2.45, 2.75) is 46.6 Å². The van der Waals surface area contributed by atoms with Crippen molar-refractivity contribution in [2.75, 3.05) is 13.2 Å². The highest BCUT2D eigenvalue weighted by Crippen LogP contribution is 2.52. The molecule has 0 spiro atoms. The first-order chi connectivity index (χ1) is 22.7. The van der Waals surface area contributed by atoms with E-state index in [1.54, 1.807) is 26.0 Å². The van der Waals surface area contributed by atoms with Gasteiger partial charge < -0.3 is 14.2 Å². The zero-order valence-corrected chi connectivity index (χ0v) is 29.9. The zero-order chi connectivity index (χ0) is 33.1. The molecule has 0 amide bonds. The molecular weight excluding hydrogens is 640 g/mol. The van der Waals surface area contributed by atoms with Gasteiger partial charge in [-0.05, 0) is 104 Å². The average Bonchev–Trinajstić information content (AvgIpc) is 3.67. The van der Waals surface area contributed by atoms with Gasteiger partial charge in [-0.2, -0.15) is 0 Å². The lowest BCUT2D eigenvalue weighted by atomic mass is 9.73. The molecule has 0 fully saturated rings. The van der Waals surface area contributed by atoms with Crippen molar-refractivity contribution < 1.29 is 18.7 Å². The summed E-state index contributed by atoms with van der Waals surface area (Å²) >= 11 is 3.64. The van der Waals surface area contributed by atoms with E-state index in [2.05, 4.69) is 87.2 Å². The molecule has 2 heterocycles. The largest absolute Gasteiger partial charge is 0.388 e. The third kappa shape index (κ3) is 6.96. The maximum Gasteiger partial charge on any atom is 0.361 e. The van der Waals surface area contributed by atoms with Gasteiger partial charge in [0.2, 0.25) is 0 Å². The van der Waals surface area contributed by atoms with Crippen molar-refractivity contribution in [3.8, 4) is 20.9 Å². The van der Waals surface area contributed by atoms with Crippen LogP contribution in [0.1, 0.15) is 59.2 Å². The molecule has 0 aliphatic heterocycles. The van der Waals surface area contributed by atoms with Crippen LogP contribution in [0.5, 0.6) is 0 Å². The van der Waals surface area contributed by atoms with E-state index in [0.29, 0.717) is 18.1 Å². The fraction of sp³-hybridized carbons (Fsp3) is 0.250. The van der Waals surface area contributed by atoms with Crippen LogP contribution in [0.2, 0.25) is 0 Å². The minimum absolute atomic E-state index is 0.183. The fourth-order valence-corrected chi connectivity index (χ4v) is 10.2. The van der Waals surface area contributed by atoms with Crippen molar-refractivity contribution in [2.24, 2.45) is 5.92 Å². The molecule has 1 aliphatic carbocycles. The quantitative estimate of drug-likeness (QED) is 0.111. The number of hydrogen-bond acceptors (Lipinski definition) is 6. The summed E-state index contributed by atoms with van der Waals surface area (Å²) < 4.78 is 24.4. The van der Waals surface area contributed by atoms with Crippen LogP contribution >= 0.6 is 30.3 Å². The smallest absolute Gasteiger partial charge is 0.361 e. The van der Waals surface area contributed by atoms with Gasteiger partial charge in [0.05, 0.1) is 24.6 Å². The van der Waals surface area contributed by atoms with Crippen molar-refractivity contribution in [1.82, 2.24) is 0 Å². The second-order valence-electron chi connectivity index (χ2n) is 11.9. The van der Waals surface area contributed by atoms with Crippen LogP contribution in [0.3, 0.4) is 0 Å². The summed E-state index contributed by atoms with van der Waals surface area (Å²) in [6.07, 6.45) is 0.568. The van der Waals surface area contributed by atoms with Crippen LogP contribution < -0.4 is 5.30 Å². The molecule has 0 bridgehead atoms. The van der Waals surface area contributed by atoms with E-state index in [4.69, 9.17) is 9.05 Å². The van der Waals surface area contributed by atoms with E-state index in [0.717, 1.165) is 11.1 Å². The van der Waals surface area contributed by atoms with E-state index in [1.165, 1.54) is 52.9 Å². The van der Waals surface area contributed by atoms with Crippen molar-refractivity contribution in [3.63, 3.8) is 0 Å². The Balaban J connectivity index is 1.40. The molecule has 3 aromatic carbocycles. The Kier molecular flexibility index (Phi) is 10.3. The molecule has 0 saturated heterocycles. The van der Waals surface area contributed by atoms with Gasteiger partial charge in [-0.15, -0.1) is 22.7 Å². The summed E-state index contributed by atoms with van der Waals surface area (Å²) in [5.74, 6) is -0.183. The lowest BCUT2D eigenvalue weighted by molar-refractivity contribution is 0.126. The maximum absolute atomic E-state index is 13.4. The summed E-state index contributed by atoms with van der Waals surface area (Å²) in [7, 11) is -3.42. The van der Waals surface area contributed by atoms with Gasteiger partial charge in [-0.25, -0.2) is 0 Å². The van der Waals surface area contributed by atoms with Crippen LogP contribution in [0.15, 0.2) is 109 Å². The number of rotatable bonds is 11. The van der Waals surface area contributed by atoms with E-state index in [9.17, 15) is 9.67 Å². The normalized spacial score (nSPS) is 16.1. The van der Waals surface area contributed by atoms with Gasteiger partial charge in [0.25, 0.3) is 0 Å². The first-order valence-corrected chi connectivity index (χ1v) is 19.3. The Morgan fingerprint density at radius 3 is 1.77 bits per heavy atom. The van der Waals surface area contributed by atoms with Gasteiger partial charge >= 0.3 is 7.60 Å². The van der Waals surface area contributed by atoms with Gasteiger partial charge in [-0.1, -0.05) is 84.9 Å². The predicted octanol–water partition coefficient (Wildman–Crippen LogP) is 11.3. The second-order valence-corrected chi connectivity index (χ2v) is 16.4. The molecule has 0 radical (unpaired) electrons. The number of benzene rings is 3. The first-order valence-electron chi connectivity index (χ1n) is 16.1. The molecule has 242 valence electrons. The number of hydrogen-bond donors (Lipinski definition) is 1. The van der Waals surface area contributed by atoms with E-state index >= 15 is 0 Å². The van der Waals surface area contributed by atoms with Crippen LogP contribution in [-0.4, -0.2) is 18.3 Å².